The fraction of sp³-hybridized carbons (Fsp3) is 0.364. The molecule has 7 heteroatoms. The maximum atomic E-state index is 12.8. The number of ketones is 1. The fourth-order valence-corrected chi connectivity index (χ4v) is 4.28. The van der Waals surface area contributed by atoms with E-state index in [0.29, 0.717) is 59.3 Å². The smallest absolute Gasteiger partial charge is 0.255 e. The lowest BCUT2D eigenvalue weighted by atomic mass is 9.82. The summed E-state index contributed by atoms with van der Waals surface area (Å²) in [6, 6.07) is 10.4. The molecule has 2 aromatic carbocycles. The maximum Gasteiger partial charge on any atom is 0.255 e. The SMILES string of the molecule is COc1ccc2c(c1OC)OC1(CCN(C(=O)c3ccccc3Cl)CC1)CC2=O. The highest BCUT2D eigenvalue weighted by Gasteiger charge is 2.45. The van der Waals surface area contributed by atoms with Gasteiger partial charge in [0.2, 0.25) is 5.75 Å². The third kappa shape index (κ3) is 3.42. The largest absolute Gasteiger partial charge is 0.493 e. The molecular formula is C22H22ClNO5. The van der Waals surface area contributed by atoms with Crippen molar-refractivity contribution in [2.75, 3.05) is 27.3 Å². The molecule has 1 spiro atoms. The third-order valence-electron chi connectivity index (χ3n) is 5.67. The van der Waals surface area contributed by atoms with Gasteiger partial charge < -0.3 is 19.1 Å². The van der Waals surface area contributed by atoms with Crippen molar-refractivity contribution in [2.24, 2.45) is 0 Å². The molecule has 0 aliphatic carbocycles. The van der Waals surface area contributed by atoms with Crippen LogP contribution in [0.25, 0.3) is 0 Å². The number of methoxy groups -OCH3 is 2. The van der Waals surface area contributed by atoms with Crippen molar-refractivity contribution < 1.29 is 23.8 Å². The second kappa shape index (κ2) is 7.59. The second-order valence-electron chi connectivity index (χ2n) is 7.33. The molecule has 0 atom stereocenters. The zero-order chi connectivity index (χ0) is 20.6. The molecule has 4 rings (SSSR count). The van der Waals surface area contributed by atoms with Crippen LogP contribution in [0.15, 0.2) is 36.4 Å². The van der Waals surface area contributed by atoms with Gasteiger partial charge in [0, 0.05) is 25.9 Å². The van der Waals surface area contributed by atoms with E-state index < -0.39 is 5.60 Å². The number of carbonyl (C=O) groups excluding carboxylic acids is 2. The Kier molecular flexibility index (Phi) is 5.13. The summed E-state index contributed by atoms with van der Waals surface area (Å²) < 4.78 is 17.2. The number of fused-ring (bicyclic) bond motifs is 1. The quantitative estimate of drug-likeness (QED) is 0.758. The molecular weight excluding hydrogens is 394 g/mol. The summed E-state index contributed by atoms with van der Waals surface area (Å²) in [4.78, 5) is 27.4. The fourth-order valence-electron chi connectivity index (χ4n) is 4.06. The summed E-state index contributed by atoms with van der Waals surface area (Å²) in [6.45, 7) is 0.970. The number of amides is 1. The van der Waals surface area contributed by atoms with Crippen LogP contribution in [0.4, 0.5) is 0 Å². The molecule has 0 aromatic heterocycles. The van der Waals surface area contributed by atoms with E-state index in [4.69, 9.17) is 25.8 Å². The van der Waals surface area contributed by atoms with Crippen molar-refractivity contribution in [1.82, 2.24) is 4.90 Å². The first kappa shape index (κ1) is 19.6. The van der Waals surface area contributed by atoms with Gasteiger partial charge in [-0.25, -0.2) is 0 Å². The summed E-state index contributed by atoms with van der Waals surface area (Å²) in [6.07, 6.45) is 1.38. The first-order valence-corrected chi connectivity index (χ1v) is 9.87. The van der Waals surface area contributed by atoms with Crippen LogP contribution in [-0.2, 0) is 0 Å². The molecule has 1 amide bonds. The molecule has 0 unspecified atom stereocenters. The molecule has 6 nitrogen and oxygen atoms in total. The van der Waals surface area contributed by atoms with Gasteiger partial charge in [0.15, 0.2) is 17.3 Å². The molecule has 0 bridgehead atoms. The van der Waals surface area contributed by atoms with E-state index in [0.717, 1.165) is 0 Å². The highest BCUT2D eigenvalue weighted by molar-refractivity contribution is 6.33. The summed E-state index contributed by atoms with van der Waals surface area (Å²) in [7, 11) is 3.07. The normalized spacial score (nSPS) is 17.5. The Hall–Kier alpha value is -2.73. The number of rotatable bonds is 3. The number of hydrogen-bond acceptors (Lipinski definition) is 5. The number of likely N-dealkylation sites (tertiary alicyclic amines) is 1. The first-order valence-electron chi connectivity index (χ1n) is 9.49. The Morgan fingerprint density at radius 3 is 2.48 bits per heavy atom. The molecule has 0 saturated carbocycles. The summed E-state index contributed by atoms with van der Waals surface area (Å²) in [5, 5.41) is 0.438. The predicted octanol–water partition coefficient (Wildman–Crippen LogP) is 4.00. The third-order valence-corrected chi connectivity index (χ3v) is 6.00. The van der Waals surface area contributed by atoms with Crippen molar-refractivity contribution in [3.63, 3.8) is 0 Å². The van der Waals surface area contributed by atoms with Gasteiger partial charge >= 0.3 is 0 Å². The van der Waals surface area contributed by atoms with Crippen LogP contribution in [0, 0.1) is 0 Å². The van der Waals surface area contributed by atoms with Gasteiger partial charge in [-0.2, -0.15) is 0 Å². The van der Waals surface area contributed by atoms with Crippen LogP contribution in [0.2, 0.25) is 5.02 Å². The predicted molar refractivity (Wildman–Crippen MR) is 108 cm³/mol. The maximum absolute atomic E-state index is 12.8. The summed E-state index contributed by atoms with van der Waals surface area (Å²) in [5.41, 5.74) is 0.339. The van der Waals surface area contributed by atoms with Crippen LogP contribution in [0.5, 0.6) is 17.2 Å². The van der Waals surface area contributed by atoms with Gasteiger partial charge in [-0.05, 0) is 24.3 Å². The molecule has 2 aliphatic rings. The Morgan fingerprint density at radius 2 is 1.83 bits per heavy atom. The van der Waals surface area contributed by atoms with E-state index >= 15 is 0 Å². The number of Topliss-reactive ketones (excluding diaryl/α,β-unsaturated/α-hetero) is 1. The molecule has 0 N–H and O–H groups in total. The number of carbonyl (C=O) groups is 2. The van der Waals surface area contributed by atoms with E-state index in [9.17, 15) is 9.59 Å². The van der Waals surface area contributed by atoms with Crippen LogP contribution >= 0.6 is 11.6 Å². The summed E-state index contributed by atoms with van der Waals surface area (Å²) in [5.74, 6) is 1.27. The van der Waals surface area contributed by atoms with E-state index in [1.54, 1.807) is 48.4 Å². The van der Waals surface area contributed by atoms with E-state index in [-0.39, 0.29) is 18.1 Å². The molecule has 2 aromatic rings. The molecule has 29 heavy (non-hydrogen) atoms. The molecule has 2 aliphatic heterocycles. The molecule has 1 saturated heterocycles. The van der Waals surface area contributed by atoms with Crippen molar-refractivity contribution in [3.8, 4) is 17.2 Å². The minimum absolute atomic E-state index is 0.0121. The monoisotopic (exact) mass is 415 g/mol. The zero-order valence-electron chi connectivity index (χ0n) is 16.4. The molecule has 152 valence electrons. The first-order chi connectivity index (χ1) is 14.0. The highest BCUT2D eigenvalue weighted by Crippen LogP contribution is 2.47. The number of piperidine rings is 1. The molecule has 1 fully saturated rings. The summed E-state index contributed by atoms with van der Waals surface area (Å²) >= 11 is 6.18. The Labute approximate surface area is 174 Å². The van der Waals surface area contributed by atoms with Crippen LogP contribution in [0.3, 0.4) is 0 Å². The average molecular weight is 416 g/mol. The number of hydrogen-bond donors (Lipinski definition) is 0. The number of benzene rings is 2. The van der Waals surface area contributed by atoms with Crippen molar-refractivity contribution in [1.29, 1.82) is 0 Å². The van der Waals surface area contributed by atoms with Crippen LogP contribution in [-0.4, -0.2) is 49.5 Å². The molecule has 0 radical (unpaired) electrons. The number of nitrogens with zero attached hydrogens (tertiary/aromatic N) is 1. The van der Waals surface area contributed by atoms with Gasteiger partial charge in [-0.1, -0.05) is 23.7 Å². The lowest BCUT2D eigenvalue weighted by molar-refractivity contribution is -0.00745. The Bertz CT molecular complexity index is 966. The zero-order valence-corrected chi connectivity index (χ0v) is 17.1. The molecule has 2 heterocycles. The Balaban J connectivity index is 1.56. The van der Waals surface area contributed by atoms with Gasteiger partial charge in [0.25, 0.3) is 5.91 Å². The lowest BCUT2D eigenvalue weighted by Crippen LogP contribution is -2.52. The van der Waals surface area contributed by atoms with Gasteiger partial charge in [-0.15, -0.1) is 0 Å². The van der Waals surface area contributed by atoms with Crippen molar-refractivity contribution in [2.45, 2.75) is 24.9 Å². The van der Waals surface area contributed by atoms with Gasteiger partial charge in [0.05, 0.1) is 36.8 Å². The minimum Gasteiger partial charge on any atom is -0.493 e. The van der Waals surface area contributed by atoms with Crippen molar-refractivity contribution >= 4 is 23.3 Å². The van der Waals surface area contributed by atoms with Crippen molar-refractivity contribution in [3.05, 3.63) is 52.5 Å². The lowest BCUT2D eigenvalue weighted by Gasteiger charge is -2.44. The van der Waals surface area contributed by atoms with E-state index in [1.807, 2.05) is 0 Å². The van der Waals surface area contributed by atoms with E-state index in [1.165, 1.54) is 7.11 Å². The minimum atomic E-state index is -0.652. The Morgan fingerprint density at radius 1 is 1.10 bits per heavy atom. The van der Waals surface area contributed by atoms with Gasteiger partial charge in [0.1, 0.15) is 5.60 Å². The second-order valence-corrected chi connectivity index (χ2v) is 7.74. The number of halogens is 1. The van der Waals surface area contributed by atoms with E-state index in [2.05, 4.69) is 0 Å². The topological polar surface area (TPSA) is 65.1 Å². The van der Waals surface area contributed by atoms with Crippen LogP contribution in [0.1, 0.15) is 40.0 Å². The van der Waals surface area contributed by atoms with Crippen LogP contribution < -0.4 is 14.2 Å². The standard InChI is InChI=1S/C22H22ClNO5/c1-27-18-8-7-15-17(25)13-22(29-19(15)20(18)28-2)9-11-24(12-10-22)21(26)14-5-3-4-6-16(14)23/h3-8H,9-13H2,1-2H3. The number of ether oxygens (including phenoxy) is 3. The highest BCUT2D eigenvalue weighted by atomic mass is 35.5. The average Bonchev–Trinajstić information content (AvgIpc) is 2.73. The van der Waals surface area contributed by atoms with Gasteiger partial charge in [-0.3, -0.25) is 9.59 Å².